The Bertz CT molecular complexity index is 1210. The highest BCUT2D eigenvalue weighted by Crippen LogP contribution is 2.59. The summed E-state index contributed by atoms with van der Waals surface area (Å²) in [7, 11) is 0. The first kappa shape index (κ1) is 24.2. The molecule has 0 unspecified atom stereocenters. The van der Waals surface area contributed by atoms with Crippen LogP contribution < -0.4 is 10.6 Å². The third-order valence-corrected chi connectivity index (χ3v) is 7.46. The average Bonchev–Trinajstić information content (AvgIpc) is 3.54. The Hall–Kier alpha value is -3.46. The minimum Gasteiger partial charge on any atom is -0.360 e. The molecule has 2 bridgehead atoms. The van der Waals surface area contributed by atoms with E-state index in [1.165, 1.54) is 0 Å². The Labute approximate surface area is 210 Å². The van der Waals surface area contributed by atoms with Gasteiger partial charge in [-0.2, -0.15) is 0 Å². The van der Waals surface area contributed by atoms with E-state index < -0.39 is 29.1 Å². The number of carbonyl (C=O) groups is 3. The van der Waals surface area contributed by atoms with Crippen LogP contribution in [0.2, 0.25) is 0 Å². The Kier molecular flexibility index (Phi) is 5.98. The van der Waals surface area contributed by atoms with Crippen LogP contribution in [0.1, 0.15) is 38.5 Å². The fraction of sp³-hybridized carbons (Fsp3) is 0.481. The van der Waals surface area contributed by atoms with Gasteiger partial charge in [-0.25, -0.2) is 0 Å². The van der Waals surface area contributed by atoms with Crippen LogP contribution in [-0.2, 0) is 25.7 Å². The van der Waals surface area contributed by atoms with Crippen molar-refractivity contribution in [1.29, 1.82) is 0 Å². The topological polar surface area (TPSA) is 114 Å². The second-order valence-corrected chi connectivity index (χ2v) is 10.6. The summed E-state index contributed by atoms with van der Waals surface area (Å²) in [5.74, 6) is -1.38. The van der Waals surface area contributed by atoms with Gasteiger partial charge in [0.2, 0.25) is 17.7 Å². The minimum atomic E-state index is -1.22. The van der Waals surface area contributed by atoms with Crippen LogP contribution in [0.15, 0.2) is 53.1 Å². The predicted octanol–water partition coefficient (Wildman–Crippen LogP) is 2.82. The molecule has 0 saturated carbocycles. The van der Waals surface area contributed by atoms with Crippen molar-refractivity contribution in [3.8, 4) is 0 Å². The molecule has 2 fully saturated rings. The number of aromatic nitrogens is 1. The Morgan fingerprint density at radius 2 is 1.92 bits per heavy atom. The third-order valence-electron chi connectivity index (χ3n) is 7.46. The van der Waals surface area contributed by atoms with Gasteiger partial charge < -0.3 is 24.8 Å². The van der Waals surface area contributed by atoms with Gasteiger partial charge in [0.15, 0.2) is 5.82 Å². The molecule has 0 aliphatic carbocycles. The fourth-order valence-corrected chi connectivity index (χ4v) is 5.78. The number of amides is 3. The SMILES string of the molecule is Cc1cc(NC(=O)[C@@H]2[C@H]3C(=O)N(CCC(C)C)[C@H](C(=O)NCc4ccccc4)[C@@]34C=C[C@@]2(C)O4)no1. The molecular formula is C27H32N4O5. The molecule has 3 aliphatic rings. The van der Waals surface area contributed by atoms with E-state index in [0.29, 0.717) is 24.8 Å². The molecule has 1 aromatic heterocycles. The first-order valence-corrected chi connectivity index (χ1v) is 12.4. The van der Waals surface area contributed by atoms with Gasteiger partial charge in [0.05, 0.1) is 17.4 Å². The molecule has 9 nitrogen and oxygen atoms in total. The summed E-state index contributed by atoms with van der Waals surface area (Å²) in [6.07, 6.45) is 4.37. The number of ether oxygens (including phenoxy) is 1. The maximum atomic E-state index is 13.9. The lowest BCUT2D eigenvalue weighted by Crippen LogP contribution is -2.54. The zero-order chi connectivity index (χ0) is 25.7. The van der Waals surface area contributed by atoms with Crippen LogP contribution in [0, 0.1) is 24.7 Å². The summed E-state index contributed by atoms with van der Waals surface area (Å²) >= 11 is 0. The van der Waals surface area contributed by atoms with E-state index in [9.17, 15) is 14.4 Å². The molecule has 2 aromatic rings. The van der Waals surface area contributed by atoms with Gasteiger partial charge in [-0.3, -0.25) is 14.4 Å². The van der Waals surface area contributed by atoms with E-state index in [0.717, 1.165) is 12.0 Å². The molecule has 4 heterocycles. The number of nitrogens with one attached hydrogen (secondary N) is 2. The molecule has 1 spiro atoms. The van der Waals surface area contributed by atoms with Crippen LogP contribution in [0.4, 0.5) is 5.82 Å². The van der Waals surface area contributed by atoms with E-state index in [1.54, 1.807) is 24.8 Å². The summed E-state index contributed by atoms with van der Waals surface area (Å²) in [5, 5.41) is 9.62. The van der Waals surface area contributed by atoms with Gasteiger partial charge >= 0.3 is 0 Å². The Morgan fingerprint density at radius 1 is 1.17 bits per heavy atom. The minimum absolute atomic E-state index is 0.236. The Balaban J connectivity index is 1.46. The van der Waals surface area contributed by atoms with Crippen LogP contribution in [0.25, 0.3) is 0 Å². The van der Waals surface area contributed by atoms with Crippen molar-refractivity contribution in [1.82, 2.24) is 15.4 Å². The number of anilines is 1. The van der Waals surface area contributed by atoms with Crippen molar-refractivity contribution in [2.45, 2.75) is 57.9 Å². The number of rotatable bonds is 8. The van der Waals surface area contributed by atoms with Crippen LogP contribution >= 0.6 is 0 Å². The lowest BCUT2D eigenvalue weighted by molar-refractivity contribution is -0.144. The number of hydrogen-bond acceptors (Lipinski definition) is 6. The number of hydrogen-bond donors (Lipinski definition) is 2. The Morgan fingerprint density at radius 3 is 2.58 bits per heavy atom. The van der Waals surface area contributed by atoms with Crippen LogP contribution in [0.5, 0.6) is 0 Å². The summed E-state index contributed by atoms with van der Waals surface area (Å²) in [4.78, 5) is 42.7. The summed E-state index contributed by atoms with van der Waals surface area (Å²) in [5.41, 5.74) is -1.28. The third kappa shape index (κ3) is 3.91. The molecule has 2 saturated heterocycles. The number of likely N-dealkylation sites (tertiary alicyclic amines) is 1. The highest BCUT2D eigenvalue weighted by Gasteiger charge is 2.76. The first-order chi connectivity index (χ1) is 17.1. The van der Waals surface area contributed by atoms with Gasteiger partial charge in [-0.1, -0.05) is 61.5 Å². The average molecular weight is 493 g/mol. The van der Waals surface area contributed by atoms with Crippen molar-refractivity contribution >= 4 is 23.5 Å². The van der Waals surface area contributed by atoms with Crippen molar-refractivity contribution in [2.75, 3.05) is 11.9 Å². The second-order valence-electron chi connectivity index (χ2n) is 10.6. The molecular weight excluding hydrogens is 460 g/mol. The molecule has 36 heavy (non-hydrogen) atoms. The standard InChI is InChI=1S/C27H32N4O5/c1-16(2)10-13-31-22(24(33)28-15-18-8-6-5-7-9-18)27-12-11-26(4,36-27)20(21(27)25(31)34)23(32)29-19-14-17(3)35-30-19/h5-9,11-12,14,16,20-22H,10,13,15H2,1-4H3,(H,28,33)(H,29,30,32)/t20-,21-,22+,26+,27+/m0/s1. The molecule has 2 N–H and O–H groups in total. The van der Waals surface area contributed by atoms with E-state index in [2.05, 4.69) is 29.6 Å². The number of benzene rings is 1. The van der Waals surface area contributed by atoms with E-state index >= 15 is 0 Å². The second kappa shape index (κ2) is 8.89. The fourth-order valence-electron chi connectivity index (χ4n) is 5.78. The summed E-state index contributed by atoms with van der Waals surface area (Å²) in [6.45, 7) is 8.41. The van der Waals surface area contributed by atoms with Gasteiger partial charge in [-0.15, -0.1) is 0 Å². The number of carbonyl (C=O) groups excluding carboxylic acids is 3. The highest BCUT2D eigenvalue weighted by molar-refractivity contribution is 6.03. The largest absolute Gasteiger partial charge is 0.360 e. The summed E-state index contributed by atoms with van der Waals surface area (Å²) < 4.78 is 11.6. The first-order valence-electron chi connectivity index (χ1n) is 12.4. The molecule has 1 aromatic carbocycles. The van der Waals surface area contributed by atoms with Crippen molar-refractivity contribution < 1.29 is 23.6 Å². The smallest absolute Gasteiger partial charge is 0.246 e. The number of aryl methyl sites for hydroxylation is 1. The van der Waals surface area contributed by atoms with Gasteiger partial charge in [0.25, 0.3) is 0 Å². The number of nitrogens with zero attached hydrogens (tertiary/aromatic N) is 2. The number of fused-ring (bicyclic) bond motifs is 1. The maximum Gasteiger partial charge on any atom is 0.246 e. The highest BCUT2D eigenvalue weighted by atomic mass is 16.5. The lowest BCUT2D eigenvalue weighted by Gasteiger charge is -2.33. The van der Waals surface area contributed by atoms with Gasteiger partial charge in [0.1, 0.15) is 17.4 Å². The quantitative estimate of drug-likeness (QED) is 0.548. The van der Waals surface area contributed by atoms with Gasteiger partial charge in [0, 0.05) is 19.2 Å². The monoisotopic (exact) mass is 492 g/mol. The lowest BCUT2D eigenvalue weighted by atomic mass is 9.70. The molecule has 9 heteroatoms. The van der Waals surface area contributed by atoms with Crippen molar-refractivity contribution in [3.05, 3.63) is 59.9 Å². The molecule has 3 aliphatic heterocycles. The molecule has 5 atom stereocenters. The van der Waals surface area contributed by atoms with Crippen LogP contribution in [0.3, 0.4) is 0 Å². The zero-order valence-electron chi connectivity index (χ0n) is 21.0. The molecule has 190 valence electrons. The molecule has 3 amide bonds. The zero-order valence-corrected chi connectivity index (χ0v) is 21.0. The summed E-state index contributed by atoms with van der Waals surface area (Å²) in [6, 6.07) is 10.3. The molecule has 5 rings (SSSR count). The normalized spacial score (nSPS) is 30.2. The van der Waals surface area contributed by atoms with Crippen LogP contribution in [-0.4, -0.2) is 51.6 Å². The van der Waals surface area contributed by atoms with E-state index in [1.807, 2.05) is 42.5 Å². The maximum absolute atomic E-state index is 13.9. The van der Waals surface area contributed by atoms with Gasteiger partial charge in [-0.05, 0) is 31.7 Å². The van der Waals surface area contributed by atoms with Crippen molar-refractivity contribution in [3.63, 3.8) is 0 Å². The van der Waals surface area contributed by atoms with E-state index in [-0.39, 0.29) is 23.5 Å². The molecule has 0 radical (unpaired) electrons. The van der Waals surface area contributed by atoms with E-state index in [4.69, 9.17) is 9.26 Å². The predicted molar refractivity (Wildman–Crippen MR) is 131 cm³/mol. The van der Waals surface area contributed by atoms with Crippen molar-refractivity contribution in [2.24, 2.45) is 17.8 Å².